The van der Waals surface area contributed by atoms with Crippen LogP contribution in [-0.4, -0.2) is 27.2 Å². The quantitative estimate of drug-likeness (QED) is 0.582. The fourth-order valence-electron chi connectivity index (χ4n) is 4.10. The highest BCUT2D eigenvalue weighted by molar-refractivity contribution is 6.69. The van der Waals surface area contributed by atoms with E-state index in [-0.39, 0.29) is 17.6 Å². The van der Waals surface area contributed by atoms with Gasteiger partial charge in [-0.1, -0.05) is 36.8 Å². The van der Waals surface area contributed by atoms with Crippen LogP contribution in [0.15, 0.2) is 42.2 Å². The van der Waals surface area contributed by atoms with E-state index in [1.165, 1.54) is 12.7 Å². The Bertz CT molecular complexity index is 649. The second-order valence-electron chi connectivity index (χ2n) is 7.94. The number of fused-ring (bicyclic) bond motifs is 1. The van der Waals surface area contributed by atoms with E-state index in [4.69, 9.17) is 13.9 Å². The summed E-state index contributed by atoms with van der Waals surface area (Å²) >= 11 is 0. The number of ether oxygens (including phenoxy) is 2. The first kappa shape index (κ1) is 18.2. The highest BCUT2D eigenvalue weighted by Gasteiger charge is 2.53. The summed E-state index contributed by atoms with van der Waals surface area (Å²) in [6.45, 7) is 6.51. The number of carbonyl (C=O) groups is 1. The van der Waals surface area contributed by atoms with E-state index >= 15 is 0 Å². The molecule has 1 aromatic carbocycles. The Morgan fingerprint density at radius 2 is 1.92 bits per heavy atom. The van der Waals surface area contributed by atoms with Crippen LogP contribution in [0.1, 0.15) is 37.2 Å². The predicted molar refractivity (Wildman–Crippen MR) is 99.5 cm³/mol. The molecule has 1 fully saturated rings. The molecule has 1 saturated carbocycles. The van der Waals surface area contributed by atoms with Crippen LogP contribution in [0.4, 0.5) is 0 Å². The molecule has 5 heteroatoms. The number of hydrogen-bond acceptors (Lipinski definition) is 4. The van der Waals surface area contributed by atoms with E-state index in [1.54, 1.807) is 0 Å². The molecule has 2 aliphatic rings. The summed E-state index contributed by atoms with van der Waals surface area (Å²) in [5.41, 5.74) is 1.20. The maximum Gasteiger partial charge on any atom is 0.373 e. The lowest BCUT2D eigenvalue weighted by atomic mass is 9.71. The third-order valence-corrected chi connectivity index (χ3v) is 5.91. The summed E-state index contributed by atoms with van der Waals surface area (Å²) in [5.74, 6) is -0.553. The first-order chi connectivity index (χ1) is 11.8. The highest BCUT2D eigenvalue weighted by atomic mass is 28.4. The van der Waals surface area contributed by atoms with Gasteiger partial charge in [-0.15, -0.1) is 0 Å². The zero-order valence-corrected chi connectivity index (χ0v) is 16.6. The molecule has 1 aliphatic carbocycles. The number of hydrogen-bond donors (Lipinski definition) is 0. The monoisotopic (exact) mass is 360 g/mol. The number of esters is 1. The summed E-state index contributed by atoms with van der Waals surface area (Å²) < 4.78 is 17.8. The van der Waals surface area contributed by atoms with Crippen molar-refractivity contribution in [3.63, 3.8) is 0 Å². The van der Waals surface area contributed by atoms with Gasteiger partial charge < -0.3 is 13.9 Å². The number of benzene rings is 1. The zero-order chi connectivity index (χ0) is 18.1. The maximum absolute atomic E-state index is 12.3. The van der Waals surface area contributed by atoms with Crippen molar-refractivity contribution < 1.29 is 18.7 Å². The predicted octanol–water partition coefficient (Wildman–Crippen LogP) is 4.60. The smallest absolute Gasteiger partial charge is 0.373 e. The standard InChI is InChI=1S/C20H28O4Si/c1-22-19(21)18-14-16(15-10-6-5-7-11-15)17-12-8-9-13-20(17,23-18)24-25(2,3)4/h5-7,10-11,14,16-17H,8-9,12-13H2,1-4H3/t16-,17-,20+/m1/s1. The first-order valence-electron chi connectivity index (χ1n) is 9.09. The van der Waals surface area contributed by atoms with Crippen LogP contribution >= 0.6 is 0 Å². The number of carbonyl (C=O) groups excluding carboxylic acids is 1. The molecule has 0 aromatic heterocycles. The van der Waals surface area contributed by atoms with Gasteiger partial charge in [0.05, 0.1) is 7.11 Å². The molecule has 0 bridgehead atoms. The second kappa shape index (κ2) is 6.96. The van der Waals surface area contributed by atoms with Crippen molar-refractivity contribution in [2.75, 3.05) is 7.11 Å². The molecular formula is C20H28O4Si. The maximum atomic E-state index is 12.3. The van der Waals surface area contributed by atoms with Crippen molar-refractivity contribution >= 4 is 14.3 Å². The number of allylic oxidation sites excluding steroid dienone is 1. The fraction of sp³-hybridized carbons (Fsp3) is 0.550. The van der Waals surface area contributed by atoms with Crippen LogP contribution in [0.5, 0.6) is 0 Å². The molecule has 25 heavy (non-hydrogen) atoms. The molecule has 4 nitrogen and oxygen atoms in total. The third kappa shape index (κ3) is 3.82. The molecule has 0 N–H and O–H groups in total. The van der Waals surface area contributed by atoms with Gasteiger partial charge in [0.1, 0.15) is 0 Å². The summed E-state index contributed by atoms with van der Waals surface area (Å²) in [6.07, 6.45) is 6.00. The van der Waals surface area contributed by atoms with Crippen molar-refractivity contribution in [1.29, 1.82) is 0 Å². The van der Waals surface area contributed by atoms with Crippen LogP contribution in [0.2, 0.25) is 19.6 Å². The molecule has 1 aromatic rings. The minimum atomic E-state index is -1.87. The Labute approximate surface area is 151 Å². The van der Waals surface area contributed by atoms with E-state index < -0.39 is 20.1 Å². The Hall–Kier alpha value is -1.59. The van der Waals surface area contributed by atoms with Gasteiger partial charge >= 0.3 is 5.97 Å². The molecule has 1 heterocycles. The summed E-state index contributed by atoms with van der Waals surface area (Å²) in [4.78, 5) is 12.3. The van der Waals surface area contributed by atoms with E-state index in [9.17, 15) is 4.79 Å². The van der Waals surface area contributed by atoms with Crippen LogP contribution in [0.25, 0.3) is 0 Å². The lowest BCUT2D eigenvalue weighted by Crippen LogP contribution is -2.55. The van der Waals surface area contributed by atoms with Crippen molar-refractivity contribution in [1.82, 2.24) is 0 Å². The van der Waals surface area contributed by atoms with Gasteiger partial charge in [-0.2, -0.15) is 0 Å². The van der Waals surface area contributed by atoms with E-state index in [2.05, 4.69) is 31.8 Å². The molecule has 0 unspecified atom stereocenters. The molecule has 0 radical (unpaired) electrons. The van der Waals surface area contributed by atoms with E-state index in [1.807, 2.05) is 24.3 Å². The molecule has 0 amide bonds. The average molecular weight is 361 g/mol. The van der Waals surface area contributed by atoms with Crippen LogP contribution < -0.4 is 0 Å². The van der Waals surface area contributed by atoms with Gasteiger partial charge in [-0.05, 0) is 44.1 Å². The Morgan fingerprint density at radius 1 is 1.20 bits per heavy atom. The summed E-state index contributed by atoms with van der Waals surface area (Å²) in [7, 11) is -0.480. The van der Waals surface area contributed by atoms with E-state index in [0.29, 0.717) is 0 Å². The lowest BCUT2D eigenvalue weighted by molar-refractivity contribution is -0.230. The van der Waals surface area contributed by atoms with E-state index in [0.717, 1.165) is 25.7 Å². The Kier molecular flexibility index (Phi) is 5.07. The Balaban J connectivity index is 2.07. The van der Waals surface area contributed by atoms with Gasteiger partial charge in [0, 0.05) is 18.3 Å². The summed E-state index contributed by atoms with van der Waals surface area (Å²) in [6, 6.07) is 10.3. The van der Waals surface area contributed by atoms with Gasteiger partial charge in [-0.25, -0.2) is 4.79 Å². The first-order valence-corrected chi connectivity index (χ1v) is 12.5. The second-order valence-corrected chi connectivity index (χ2v) is 12.4. The normalized spacial score (nSPS) is 29.2. The molecule has 1 aliphatic heterocycles. The fourth-order valence-corrected chi connectivity index (χ4v) is 5.43. The minimum Gasteiger partial charge on any atom is -0.463 e. The van der Waals surface area contributed by atoms with Crippen molar-refractivity contribution in [3.05, 3.63) is 47.7 Å². The zero-order valence-electron chi connectivity index (χ0n) is 15.6. The van der Waals surface area contributed by atoms with Gasteiger partial charge in [-0.3, -0.25) is 0 Å². The summed E-state index contributed by atoms with van der Waals surface area (Å²) in [5, 5.41) is 0. The average Bonchev–Trinajstić information content (AvgIpc) is 2.59. The van der Waals surface area contributed by atoms with Crippen molar-refractivity contribution in [3.8, 4) is 0 Å². The molecule has 0 spiro atoms. The number of methoxy groups -OCH3 is 1. The minimum absolute atomic E-state index is 0.0979. The largest absolute Gasteiger partial charge is 0.463 e. The Morgan fingerprint density at radius 3 is 2.56 bits per heavy atom. The van der Waals surface area contributed by atoms with Crippen LogP contribution in [0.3, 0.4) is 0 Å². The van der Waals surface area contributed by atoms with Crippen molar-refractivity contribution in [2.24, 2.45) is 5.92 Å². The van der Waals surface area contributed by atoms with Gasteiger partial charge in [0.15, 0.2) is 8.32 Å². The van der Waals surface area contributed by atoms with Crippen LogP contribution in [-0.2, 0) is 18.7 Å². The molecule has 3 rings (SSSR count). The highest BCUT2D eigenvalue weighted by Crippen LogP contribution is 2.51. The van der Waals surface area contributed by atoms with Crippen molar-refractivity contribution in [2.45, 2.75) is 57.0 Å². The third-order valence-electron chi connectivity index (χ3n) is 4.95. The number of rotatable bonds is 4. The lowest BCUT2D eigenvalue weighted by Gasteiger charge is -2.51. The molecule has 136 valence electrons. The molecular weight excluding hydrogens is 332 g/mol. The molecule has 0 saturated heterocycles. The van der Waals surface area contributed by atoms with Gasteiger partial charge in [0.2, 0.25) is 11.5 Å². The van der Waals surface area contributed by atoms with Crippen LogP contribution in [0, 0.1) is 5.92 Å². The molecule has 3 atom stereocenters. The topological polar surface area (TPSA) is 44.8 Å². The van der Waals surface area contributed by atoms with Gasteiger partial charge in [0.25, 0.3) is 0 Å². The SMILES string of the molecule is COC(=O)C1=C[C@H](c2ccccc2)[C@H]2CCCC[C@@]2(O[Si](C)(C)C)O1.